The first-order valence-corrected chi connectivity index (χ1v) is 5.06. The molecule has 0 heterocycles. The SMILES string of the molecule is CN=[C]([Pb])[Pb]. The Morgan fingerprint density at radius 3 is 1.80 bits per heavy atom. The van der Waals surface area contributed by atoms with Crippen LogP contribution in [0.2, 0.25) is 0 Å². The van der Waals surface area contributed by atoms with Gasteiger partial charge in [0, 0.05) is 0 Å². The molecule has 0 aromatic carbocycles. The molecule has 0 aliphatic carbocycles. The van der Waals surface area contributed by atoms with Crippen LogP contribution in [0.15, 0.2) is 4.99 Å². The standard InChI is InChI=1S/C2H3N.2Pb/c1-3-2;;/h1H3;;. The van der Waals surface area contributed by atoms with Crippen LogP contribution in [0.1, 0.15) is 0 Å². The first-order valence-electron chi connectivity index (χ1n) is 1.17. The van der Waals surface area contributed by atoms with Gasteiger partial charge in [0.2, 0.25) is 0 Å². The molecule has 0 bridgehead atoms. The van der Waals surface area contributed by atoms with E-state index in [2.05, 4.69) is 4.99 Å². The molecule has 0 N–H and O–H groups in total. The van der Waals surface area contributed by atoms with E-state index >= 15 is 0 Å². The van der Waals surface area contributed by atoms with Crippen molar-refractivity contribution in [3.05, 3.63) is 0 Å². The average Bonchev–Trinajstić information content (AvgIpc) is 1.38. The maximum atomic E-state index is 3.93. The topological polar surface area (TPSA) is 12.4 Å². The zero-order chi connectivity index (χ0) is 4.28. The van der Waals surface area contributed by atoms with Crippen LogP contribution in [0.5, 0.6) is 0 Å². The first kappa shape index (κ1) is 6.51. The molecular formula is C2H3NPb2. The number of aliphatic imine (C=N–C) groups is 1. The molecule has 0 rings (SSSR count). The van der Waals surface area contributed by atoms with Gasteiger partial charge in [0.05, 0.1) is 0 Å². The molecule has 0 saturated carbocycles. The van der Waals surface area contributed by atoms with Crippen LogP contribution in [-0.2, 0) is 0 Å². The summed E-state index contributed by atoms with van der Waals surface area (Å²) in [5, 5.41) is 0. The Morgan fingerprint density at radius 2 is 1.80 bits per heavy atom. The van der Waals surface area contributed by atoms with Crippen molar-refractivity contribution in [3.63, 3.8) is 0 Å². The number of hydrogen-bond acceptors (Lipinski definition) is 1. The van der Waals surface area contributed by atoms with Gasteiger partial charge in [0.25, 0.3) is 0 Å². The van der Waals surface area contributed by atoms with Gasteiger partial charge in [-0.2, -0.15) is 0 Å². The molecule has 0 atom stereocenters. The molecule has 1 nitrogen and oxygen atoms in total. The minimum absolute atomic E-state index is 1.18. The molecule has 0 aliphatic heterocycles. The first-order chi connectivity index (χ1) is 2.27. The Labute approximate surface area is 63.6 Å². The molecule has 24 valence electrons. The minimum atomic E-state index is 1.18. The molecule has 6 radical (unpaired) electrons. The van der Waals surface area contributed by atoms with Gasteiger partial charge in [-0.3, -0.25) is 0 Å². The average molecular weight is 455 g/mol. The van der Waals surface area contributed by atoms with Crippen molar-refractivity contribution in [2.45, 2.75) is 0 Å². The molecule has 0 aromatic rings. The van der Waals surface area contributed by atoms with Crippen molar-refractivity contribution >= 4 is 52.4 Å². The van der Waals surface area contributed by atoms with Gasteiger partial charge in [-0.25, -0.2) is 0 Å². The Balaban J connectivity index is 3.14. The third-order valence-electron chi connectivity index (χ3n) is 0.224. The van der Waals surface area contributed by atoms with E-state index in [-0.39, 0.29) is 0 Å². The summed E-state index contributed by atoms with van der Waals surface area (Å²) < 4.78 is 1.41. The predicted molar refractivity (Wildman–Crippen MR) is 24.9 cm³/mol. The molecule has 0 spiro atoms. The van der Waals surface area contributed by atoms with Crippen molar-refractivity contribution in [3.8, 4) is 0 Å². The van der Waals surface area contributed by atoms with Crippen molar-refractivity contribution in [2.24, 2.45) is 4.99 Å². The molecule has 0 aromatic heterocycles. The fourth-order valence-corrected chi connectivity index (χ4v) is 0. The van der Waals surface area contributed by atoms with Crippen molar-refractivity contribution in [1.82, 2.24) is 0 Å². The molecule has 0 saturated heterocycles. The molecular weight excluding hydrogens is 452 g/mol. The quantitative estimate of drug-likeness (QED) is 0.339. The van der Waals surface area contributed by atoms with E-state index in [1.54, 1.807) is 0 Å². The van der Waals surface area contributed by atoms with Crippen LogP contribution in [0.3, 0.4) is 0 Å². The van der Waals surface area contributed by atoms with E-state index in [0.717, 1.165) is 0 Å². The normalized spacial score (nSPS) is 7.00. The second-order valence-corrected chi connectivity index (χ2v) is 11.8. The molecule has 3 heteroatoms. The third-order valence-corrected chi connectivity index (χ3v) is 1.96. The van der Waals surface area contributed by atoms with Gasteiger partial charge in [0.15, 0.2) is 0 Å². The van der Waals surface area contributed by atoms with Crippen molar-refractivity contribution in [2.75, 3.05) is 7.05 Å². The summed E-state index contributed by atoms with van der Waals surface area (Å²) in [7, 11) is 1.86. The summed E-state index contributed by atoms with van der Waals surface area (Å²) >= 11 is 2.36. The second kappa shape index (κ2) is 3.70. The van der Waals surface area contributed by atoms with Gasteiger partial charge < -0.3 is 0 Å². The van der Waals surface area contributed by atoms with Crippen molar-refractivity contribution in [1.29, 1.82) is 0 Å². The Bertz CT molecular complexity index is 45.6. The molecule has 0 amide bonds. The molecule has 0 fully saturated rings. The van der Waals surface area contributed by atoms with E-state index in [0.29, 0.717) is 0 Å². The Morgan fingerprint density at radius 1 is 1.60 bits per heavy atom. The van der Waals surface area contributed by atoms with Crippen molar-refractivity contribution < 1.29 is 0 Å². The summed E-state index contributed by atoms with van der Waals surface area (Å²) in [6.07, 6.45) is 0. The Hall–Kier alpha value is 1.51. The summed E-state index contributed by atoms with van der Waals surface area (Å²) in [6.45, 7) is 0. The van der Waals surface area contributed by atoms with Gasteiger partial charge >= 0.3 is 64.4 Å². The van der Waals surface area contributed by atoms with E-state index in [1.165, 1.54) is 52.4 Å². The van der Waals surface area contributed by atoms with E-state index in [1.807, 2.05) is 7.05 Å². The molecule has 5 heavy (non-hydrogen) atoms. The molecule has 0 aliphatic rings. The summed E-state index contributed by atoms with van der Waals surface area (Å²) in [5.41, 5.74) is 0. The second-order valence-electron chi connectivity index (χ2n) is 0.572. The fraction of sp³-hybridized carbons (Fsp3) is 0.500. The fourth-order valence-electron chi connectivity index (χ4n) is 0. The van der Waals surface area contributed by atoms with Crippen LogP contribution in [0.25, 0.3) is 0 Å². The van der Waals surface area contributed by atoms with E-state index < -0.39 is 0 Å². The van der Waals surface area contributed by atoms with Crippen LogP contribution in [0, 0.1) is 0 Å². The van der Waals surface area contributed by atoms with Gasteiger partial charge in [0.1, 0.15) is 0 Å². The zero-order valence-electron chi connectivity index (χ0n) is 2.95. The molecule has 0 unspecified atom stereocenters. The van der Waals surface area contributed by atoms with Gasteiger partial charge in [-0.15, -0.1) is 0 Å². The number of hydrogen-bond donors (Lipinski definition) is 0. The monoisotopic (exact) mass is 457 g/mol. The van der Waals surface area contributed by atoms with E-state index in [4.69, 9.17) is 0 Å². The summed E-state index contributed by atoms with van der Waals surface area (Å²) in [5.74, 6) is 0. The van der Waals surface area contributed by atoms with Crippen LogP contribution in [-0.4, -0.2) is 59.4 Å². The van der Waals surface area contributed by atoms with Crippen LogP contribution >= 0.6 is 0 Å². The maximum absolute atomic E-state index is 3.93. The summed E-state index contributed by atoms with van der Waals surface area (Å²) in [4.78, 5) is 3.93. The van der Waals surface area contributed by atoms with E-state index in [9.17, 15) is 0 Å². The number of nitrogens with zero attached hydrogens (tertiary/aromatic N) is 1. The Kier molecular flexibility index (Phi) is 4.81. The zero-order valence-corrected chi connectivity index (χ0v) is 10.7. The number of rotatable bonds is 0. The summed E-state index contributed by atoms with van der Waals surface area (Å²) in [6, 6.07) is 0. The van der Waals surface area contributed by atoms with Crippen LogP contribution < -0.4 is 0 Å². The van der Waals surface area contributed by atoms with Crippen LogP contribution in [0.4, 0.5) is 0 Å². The van der Waals surface area contributed by atoms with Gasteiger partial charge in [-0.05, 0) is 0 Å². The third kappa shape index (κ3) is 5.51. The van der Waals surface area contributed by atoms with Gasteiger partial charge in [-0.1, -0.05) is 0 Å². The predicted octanol–water partition coefficient (Wildman–Crippen LogP) is -0.691.